The molecule has 0 amide bonds. The molecule has 1 aliphatic heterocycles. The van der Waals surface area contributed by atoms with Gasteiger partial charge in [0.25, 0.3) is 0 Å². The quantitative estimate of drug-likeness (QED) is 0.792. The van der Waals surface area contributed by atoms with Gasteiger partial charge in [-0.05, 0) is 57.5 Å². The van der Waals surface area contributed by atoms with E-state index in [1.807, 2.05) is 0 Å². The number of nitrogens with one attached hydrogen (secondary N) is 1. The number of benzene rings is 1. The first-order valence-corrected chi connectivity index (χ1v) is 6.96. The van der Waals surface area contributed by atoms with Crippen molar-refractivity contribution in [2.75, 3.05) is 31.5 Å². The fraction of sp³-hybridized carbons (Fsp3) is 0.600. The van der Waals surface area contributed by atoms with Crippen molar-refractivity contribution in [3.05, 3.63) is 30.3 Å². The zero-order valence-electron chi connectivity index (χ0n) is 11.5. The van der Waals surface area contributed by atoms with Crippen molar-refractivity contribution in [1.82, 2.24) is 4.90 Å². The minimum absolute atomic E-state index is 0. The highest BCUT2D eigenvalue weighted by molar-refractivity contribution is 5.85. The predicted molar refractivity (Wildman–Crippen MR) is 89.0 cm³/mol. The Morgan fingerprint density at radius 1 is 0.895 bits per heavy atom. The van der Waals surface area contributed by atoms with Crippen molar-refractivity contribution in [1.29, 1.82) is 0 Å². The lowest BCUT2D eigenvalue weighted by molar-refractivity contribution is 0.225. The third-order valence-electron chi connectivity index (χ3n) is 3.45. The van der Waals surface area contributed by atoms with Crippen molar-refractivity contribution in [3.8, 4) is 0 Å². The molecule has 1 aromatic carbocycles. The van der Waals surface area contributed by atoms with Gasteiger partial charge in [-0.3, -0.25) is 0 Å². The van der Waals surface area contributed by atoms with Gasteiger partial charge in [0, 0.05) is 12.2 Å². The molecule has 1 aromatic rings. The molecule has 110 valence electrons. The van der Waals surface area contributed by atoms with Crippen molar-refractivity contribution >= 4 is 30.5 Å². The lowest BCUT2D eigenvalue weighted by Gasteiger charge is -2.26. The van der Waals surface area contributed by atoms with Crippen molar-refractivity contribution < 1.29 is 0 Å². The van der Waals surface area contributed by atoms with Gasteiger partial charge in [-0.25, -0.2) is 0 Å². The Labute approximate surface area is 129 Å². The van der Waals surface area contributed by atoms with Gasteiger partial charge in [0.1, 0.15) is 0 Å². The number of rotatable bonds is 6. The SMILES string of the molecule is Cl.Cl.c1ccc(NCCCCN2CCCCC2)cc1. The molecule has 0 aromatic heterocycles. The molecule has 0 unspecified atom stereocenters. The molecule has 4 heteroatoms. The van der Waals surface area contributed by atoms with E-state index in [2.05, 4.69) is 40.5 Å². The number of hydrogen-bond acceptors (Lipinski definition) is 2. The molecule has 0 atom stereocenters. The van der Waals surface area contributed by atoms with Crippen LogP contribution in [0.3, 0.4) is 0 Å². The predicted octanol–water partition coefficient (Wildman–Crippen LogP) is 4.21. The molecule has 0 aliphatic carbocycles. The molecule has 19 heavy (non-hydrogen) atoms. The van der Waals surface area contributed by atoms with E-state index in [4.69, 9.17) is 0 Å². The number of likely N-dealkylation sites (tertiary alicyclic amines) is 1. The number of piperidine rings is 1. The highest BCUT2D eigenvalue weighted by Crippen LogP contribution is 2.10. The van der Waals surface area contributed by atoms with E-state index in [1.54, 1.807) is 0 Å². The summed E-state index contributed by atoms with van der Waals surface area (Å²) in [7, 11) is 0. The minimum Gasteiger partial charge on any atom is -0.385 e. The molecular formula is C15H26Cl2N2. The van der Waals surface area contributed by atoms with Crippen LogP contribution in [0.25, 0.3) is 0 Å². The van der Waals surface area contributed by atoms with Crippen LogP contribution >= 0.6 is 24.8 Å². The summed E-state index contributed by atoms with van der Waals surface area (Å²) in [5.41, 5.74) is 1.24. The zero-order chi connectivity index (χ0) is 11.8. The third kappa shape index (κ3) is 7.66. The molecule has 1 aliphatic rings. The number of para-hydroxylation sites is 1. The van der Waals surface area contributed by atoms with Crippen LogP contribution in [0.15, 0.2) is 30.3 Å². The molecule has 0 bridgehead atoms. The number of unbranched alkanes of at least 4 members (excludes halogenated alkanes) is 1. The number of hydrogen-bond donors (Lipinski definition) is 1. The highest BCUT2D eigenvalue weighted by atomic mass is 35.5. The van der Waals surface area contributed by atoms with Crippen molar-refractivity contribution in [2.24, 2.45) is 0 Å². The second-order valence-electron chi connectivity index (χ2n) is 4.90. The van der Waals surface area contributed by atoms with Crippen LogP contribution in [0.2, 0.25) is 0 Å². The van der Waals surface area contributed by atoms with Crippen LogP contribution in [-0.4, -0.2) is 31.1 Å². The zero-order valence-corrected chi connectivity index (χ0v) is 13.1. The van der Waals surface area contributed by atoms with Gasteiger partial charge >= 0.3 is 0 Å². The van der Waals surface area contributed by atoms with Crippen LogP contribution in [0.4, 0.5) is 5.69 Å². The first-order valence-electron chi connectivity index (χ1n) is 6.96. The van der Waals surface area contributed by atoms with E-state index in [9.17, 15) is 0 Å². The Kier molecular flexibility index (Phi) is 11.1. The summed E-state index contributed by atoms with van der Waals surface area (Å²) < 4.78 is 0. The van der Waals surface area contributed by atoms with E-state index in [0.29, 0.717) is 0 Å². The summed E-state index contributed by atoms with van der Waals surface area (Å²) >= 11 is 0. The van der Waals surface area contributed by atoms with Crippen LogP contribution in [0, 0.1) is 0 Å². The summed E-state index contributed by atoms with van der Waals surface area (Å²) in [5.74, 6) is 0. The third-order valence-corrected chi connectivity index (χ3v) is 3.45. The molecule has 0 spiro atoms. The molecule has 1 N–H and O–H groups in total. The van der Waals surface area contributed by atoms with E-state index in [-0.39, 0.29) is 24.8 Å². The average Bonchev–Trinajstić information content (AvgIpc) is 2.41. The van der Waals surface area contributed by atoms with Crippen LogP contribution in [0.5, 0.6) is 0 Å². The summed E-state index contributed by atoms with van der Waals surface area (Å²) in [4.78, 5) is 2.62. The molecule has 2 nitrogen and oxygen atoms in total. The lowest BCUT2D eigenvalue weighted by atomic mass is 10.1. The van der Waals surface area contributed by atoms with Gasteiger partial charge in [-0.2, -0.15) is 0 Å². The fourth-order valence-corrected chi connectivity index (χ4v) is 2.43. The molecule has 1 saturated heterocycles. The smallest absolute Gasteiger partial charge is 0.0340 e. The second kappa shape index (κ2) is 11.4. The largest absolute Gasteiger partial charge is 0.385 e. The van der Waals surface area contributed by atoms with Crippen LogP contribution in [0.1, 0.15) is 32.1 Å². The highest BCUT2D eigenvalue weighted by Gasteiger charge is 2.08. The Bertz CT molecular complexity index is 300. The summed E-state index contributed by atoms with van der Waals surface area (Å²) in [6.45, 7) is 5.03. The second-order valence-corrected chi connectivity index (χ2v) is 4.90. The molecule has 1 heterocycles. The van der Waals surface area contributed by atoms with Crippen molar-refractivity contribution in [3.63, 3.8) is 0 Å². The topological polar surface area (TPSA) is 15.3 Å². The monoisotopic (exact) mass is 304 g/mol. The van der Waals surface area contributed by atoms with Crippen LogP contribution in [-0.2, 0) is 0 Å². The van der Waals surface area contributed by atoms with E-state index < -0.39 is 0 Å². The van der Waals surface area contributed by atoms with Gasteiger partial charge in [0.15, 0.2) is 0 Å². The molecule has 2 rings (SSSR count). The Morgan fingerprint density at radius 2 is 1.58 bits per heavy atom. The van der Waals surface area contributed by atoms with Gasteiger partial charge in [0.05, 0.1) is 0 Å². The van der Waals surface area contributed by atoms with E-state index in [0.717, 1.165) is 6.54 Å². The number of anilines is 1. The Morgan fingerprint density at radius 3 is 2.26 bits per heavy atom. The van der Waals surface area contributed by atoms with E-state index in [1.165, 1.54) is 57.4 Å². The van der Waals surface area contributed by atoms with E-state index >= 15 is 0 Å². The maximum Gasteiger partial charge on any atom is 0.0340 e. The Balaban J connectivity index is 0.00000162. The fourth-order valence-electron chi connectivity index (χ4n) is 2.43. The molecule has 0 radical (unpaired) electrons. The van der Waals surface area contributed by atoms with Gasteiger partial charge in [-0.15, -0.1) is 24.8 Å². The average molecular weight is 305 g/mol. The van der Waals surface area contributed by atoms with Gasteiger partial charge in [0.2, 0.25) is 0 Å². The summed E-state index contributed by atoms with van der Waals surface area (Å²) in [6.07, 6.45) is 6.84. The first-order chi connectivity index (χ1) is 8.45. The summed E-state index contributed by atoms with van der Waals surface area (Å²) in [6, 6.07) is 10.5. The Hall–Kier alpha value is -0.440. The van der Waals surface area contributed by atoms with Crippen molar-refractivity contribution in [2.45, 2.75) is 32.1 Å². The maximum atomic E-state index is 3.46. The van der Waals surface area contributed by atoms with Crippen LogP contribution < -0.4 is 5.32 Å². The van der Waals surface area contributed by atoms with Gasteiger partial charge in [-0.1, -0.05) is 24.6 Å². The molecule has 0 saturated carbocycles. The lowest BCUT2D eigenvalue weighted by Crippen LogP contribution is -2.30. The number of halogens is 2. The molecule has 1 fully saturated rings. The first kappa shape index (κ1) is 18.6. The standard InChI is InChI=1S/C15H24N2.2ClH/c1-3-9-15(10-4-1)16-11-5-8-14-17-12-6-2-7-13-17;;/h1,3-4,9-10,16H,2,5-8,11-14H2;2*1H. The summed E-state index contributed by atoms with van der Waals surface area (Å²) in [5, 5.41) is 3.46. The minimum atomic E-state index is 0. The maximum absolute atomic E-state index is 3.46. The molecular weight excluding hydrogens is 279 g/mol. The van der Waals surface area contributed by atoms with Gasteiger partial charge < -0.3 is 10.2 Å². The number of nitrogens with zero attached hydrogens (tertiary/aromatic N) is 1. The normalized spacial score (nSPS) is 15.2.